The largest absolute Gasteiger partial charge is 0.299 e. The topological polar surface area (TPSA) is 74.0 Å². The van der Waals surface area contributed by atoms with Crippen LogP contribution in [-0.2, 0) is 0 Å². The van der Waals surface area contributed by atoms with Crippen LogP contribution >= 0.6 is 0 Å². The second kappa shape index (κ2) is 11.1. The third-order valence-electron chi connectivity index (χ3n) is 8.28. The smallest absolute Gasteiger partial charge is 0.108 e. The molecule has 0 unspecified atom stereocenters. The summed E-state index contributed by atoms with van der Waals surface area (Å²) in [5.74, 6) is 0. The molecule has 0 saturated heterocycles. The number of benzene rings is 5. The molecule has 0 radical (unpaired) electrons. The highest BCUT2D eigenvalue weighted by Crippen LogP contribution is 2.42. The van der Waals surface area contributed by atoms with E-state index in [0.717, 1.165) is 66.0 Å². The normalized spacial score (nSPS) is 13.9. The molecule has 5 aromatic carbocycles. The molecular weight excluding hydrogens is 550 g/mol. The van der Waals surface area contributed by atoms with E-state index in [1.54, 1.807) is 6.20 Å². The van der Waals surface area contributed by atoms with E-state index >= 15 is 0 Å². The number of hydrazone groups is 1. The van der Waals surface area contributed by atoms with E-state index in [1.165, 1.54) is 5.56 Å². The van der Waals surface area contributed by atoms with E-state index in [0.29, 0.717) is 11.4 Å². The summed E-state index contributed by atoms with van der Waals surface area (Å²) < 4.78 is 0. The molecule has 2 aromatic heterocycles. The van der Waals surface area contributed by atoms with Gasteiger partial charge in [-0.3, -0.25) is 20.8 Å². The highest BCUT2D eigenvalue weighted by molar-refractivity contribution is 6.52. The monoisotopic (exact) mass is 577 g/mol. The Morgan fingerprint density at radius 3 is 1.98 bits per heavy atom. The number of hydrogen-bond acceptors (Lipinski definition) is 5. The first-order valence-electron chi connectivity index (χ1n) is 14.8. The van der Waals surface area contributed by atoms with E-state index in [9.17, 15) is 0 Å². The van der Waals surface area contributed by atoms with Crippen molar-refractivity contribution in [2.75, 3.05) is 5.43 Å². The van der Waals surface area contributed by atoms with Crippen molar-refractivity contribution >= 4 is 55.1 Å². The third kappa shape index (κ3) is 4.86. The standard InChI is InChI=1S/C40H27N5/c41-36-23-28(17-20-38(36)45-44-31-18-15-26(16-19-31)29-9-7-21-42-24-29)39-32-10-2-4-12-34(32)40(35-13-5-3-11-33(35)39)30-22-27-8-1-6-14-37(27)43-25-30/h1-25,41,44H/b41-36?,45-38-. The molecule has 0 aliphatic heterocycles. The molecule has 0 saturated carbocycles. The molecule has 1 aliphatic rings. The maximum absolute atomic E-state index is 8.89. The number of allylic oxidation sites excluding steroid dienone is 4. The van der Waals surface area contributed by atoms with Crippen LogP contribution in [0, 0.1) is 5.41 Å². The maximum atomic E-state index is 8.89. The lowest BCUT2D eigenvalue weighted by Gasteiger charge is -2.19. The van der Waals surface area contributed by atoms with Crippen LogP contribution in [-0.4, -0.2) is 21.4 Å². The molecule has 7 aromatic rings. The van der Waals surface area contributed by atoms with Gasteiger partial charge in [0.05, 0.1) is 16.9 Å². The molecule has 5 nitrogen and oxygen atoms in total. The summed E-state index contributed by atoms with van der Waals surface area (Å²) in [5, 5.41) is 19.1. The fourth-order valence-corrected chi connectivity index (χ4v) is 6.14. The van der Waals surface area contributed by atoms with Crippen molar-refractivity contribution in [3.63, 3.8) is 0 Å². The van der Waals surface area contributed by atoms with Gasteiger partial charge in [-0.25, -0.2) is 0 Å². The van der Waals surface area contributed by atoms with E-state index < -0.39 is 0 Å². The lowest BCUT2D eigenvalue weighted by atomic mass is 9.84. The number of fused-ring (bicyclic) bond motifs is 3. The van der Waals surface area contributed by atoms with Crippen molar-refractivity contribution in [1.82, 2.24) is 9.97 Å². The van der Waals surface area contributed by atoms with Gasteiger partial charge in [0, 0.05) is 29.5 Å². The van der Waals surface area contributed by atoms with Gasteiger partial charge >= 0.3 is 0 Å². The number of hydrogen-bond donors (Lipinski definition) is 2. The van der Waals surface area contributed by atoms with Gasteiger partial charge in [-0.1, -0.05) is 91.0 Å². The summed E-state index contributed by atoms with van der Waals surface area (Å²) in [4.78, 5) is 8.99. The lowest BCUT2D eigenvalue weighted by Crippen LogP contribution is -2.13. The van der Waals surface area contributed by atoms with Gasteiger partial charge in [-0.15, -0.1) is 0 Å². The zero-order valence-electron chi connectivity index (χ0n) is 24.3. The summed E-state index contributed by atoms with van der Waals surface area (Å²) in [6.07, 6.45) is 11.5. The first-order valence-corrected chi connectivity index (χ1v) is 14.8. The van der Waals surface area contributed by atoms with Crippen LogP contribution in [0.2, 0.25) is 0 Å². The minimum absolute atomic E-state index is 0.350. The second-order valence-corrected chi connectivity index (χ2v) is 11.0. The lowest BCUT2D eigenvalue weighted by molar-refractivity contribution is 1.32. The van der Waals surface area contributed by atoms with Crippen molar-refractivity contribution < 1.29 is 0 Å². The Kier molecular flexibility index (Phi) is 6.54. The van der Waals surface area contributed by atoms with E-state index in [1.807, 2.05) is 73.1 Å². The fraction of sp³-hybridized carbons (Fsp3) is 0. The third-order valence-corrected chi connectivity index (χ3v) is 8.28. The predicted molar refractivity (Wildman–Crippen MR) is 188 cm³/mol. The number of aromatic nitrogens is 2. The highest BCUT2D eigenvalue weighted by atomic mass is 15.3. The first kappa shape index (κ1) is 26.4. The van der Waals surface area contributed by atoms with Crippen LogP contribution in [0.4, 0.5) is 5.69 Å². The van der Waals surface area contributed by atoms with Gasteiger partial charge in [0.25, 0.3) is 0 Å². The van der Waals surface area contributed by atoms with Gasteiger partial charge in [-0.05, 0) is 91.9 Å². The summed E-state index contributed by atoms with van der Waals surface area (Å²) >= 11 is 0. The van der Waals surface area contributed by atoms with Crippen LogP contribution in [0.3, 0.4) is 0 Å². The Balaban J connectivity index is 1.16. The van der Waals surface area contributed by atoms with Crippen LogP contribution in [0.25, 0.3) is 60.3 Å². The van der Waals surface area contributed by atoms with Gasteiger partial charge in [0.1, 0.15) is 5.71 Å². The number of rotatable bonds is 5. The van der Waals surface area contributed by atoms with Crippen molar-refractivity contribution in [3.8, 4) is 22.3 Å². The molecule has 1 aliphatic carbocycles. The average molecular weight is 578 g/mol. The van der Waals surface area contributed by atoms with Crippen molar-refractivity contribution in [3.05, 3.63) is 158 Å². The SMILES string of the molecule is N=C1C=C(c2c3ccccc3c(-c3cnc4ccccc4c3)c3ccccc23)C=C/C1=N/Nc1ccc(-c2cccnc2)cc1. The molecule has 2 N–H and O–H groups in total. The Morgan fingerprint density at radius 2 is 1.29 bits per heavy atom. The van der Waals surface area contributed by atoms with E-state index in [-0.39, 0.29) is 0 Å². The van der Waals surface area contributed by atoms with Gasteiger partial charge in [0.2, 0.25) is 0 Å². The fourth-order valence-electron chi connectivity index (χ4n) is 6.14. The molecule has 0 amide bonds. The zero-order chi connectivity index (χ0) is 30.2. The van der Waals surface area contributed by atoms with Crippen molar-refractivity contribution in [2.24, 2.45) is 5.10 Å². The Bertz CT molecular complexity index is 2290. The molecule has 45 heavy (non-hydrogen) atoms. The van der Waals surface area contributed by atoms with Crippen molar-refractivity contribution in [2.45, 2.75) is 0 Å². The number of nitrogens with one attached hydrogen (secondary N) is 2. The number of para-hydroxylation sites is 1. The Labute approximate surface area is 260 Å². The minimum atomic E-state index is 0.350. The summed E-state index contributed by atoms with van der Waals surface area (Å²) in [6.45, 7) is 0. The second-order valence-electron chi connectivity index (χ2n) is 11.0. The number of nitrogens with zero attached hydrogens (tertiary/aromatic N) is 3. The van der Waals surface area contributed by atoms with Crippen LogP contribution in [0.1, 0.15) is 5.56 Å². The van der Waals surface area contributed by atoms with Gasteiger partial charge < -0.3 is 0 Å². The molecule has 0 fully saturated rings. The molecule has 0 spiro atoms. The molecule has 5 heteroatoms. The number of anilines is 1. The Morgan fingerprint density at radius 1 is 0.600 bits per heavy atom. The molecule has 212 valence electrons. The van der Waals surface area contributed by atoms with Crippen LogP contribution in [0.15, 0.2) is 157 Å². The minimum Gasteiger partial charge on any atom is -0.299 e. The van der Waals surface area contributed by atoms with Crippen LogP contribution < -0.4 is 5.43 Å². The summed E-state index contributed by atoms with van der Waals surface area (Å²) in [6, 6.07) is 39.5. The summed E-state index contributed by atoms with van der Waals surface area (Å²) in [7, 11) is 0. The average Bonchev–Trinajstić information content (AvgIpc) is 3.10. The van der Waals surface area contributed by atoms with Gasteiger partial charge in [-0.2, -0.15) is 5.10 Å². The number of pyridine rings is 2. The Hall–Kier alpha value is -6.20. The molecule has 0 bridgehead atoms. The quantitative estimate of drug-likeness (QED) is 0.121. The van der Waals surface area contributed by atoms with Crippen molar-refractivity contribution in [1.29, 1.82) is 5.41 Å². The van der Waals surface area contributed by atoms with Crippen LogP contribution in [0.5, 0.6) is 0 Å². The predicted octanol–water partition coefficient (Wildman–Crippen LogP) is 9.71. The molecular formula is C40H27N5. The molecule has 8 rings (SSSR count). The molecule has 0 atom stereocenters. The molecule has 2 heterocycles. The van der Waals surface area contributed by atoms with Gasteiger partial charge in [0.15, 0.2) is 0 Å². The highest BCUT2D eigenvalue weighted by Gasteiger charge is 2.19. The first-order chi connectivity index (χ1) is 22.2. The maximum Gasteiger partial charge on any atom is 0.108 e. The summed E-state index contributed by atoms with van der Waals surface area (Å²) in [5.41, 5.74) is 12.4. The van der Waals surface area contributed by atoms with E-state index in [4.69, 9.17) is 10.4 Å². The zero-order valence-corrected chi connectivity index (χ0v) is 24.3. The van der Waals surface area contributed by atoms with E-state index in [2.05, 4.69) is 88.3 Å².